The van der Waals surface area contributed by atoms with Gasteiger partial charge in [-0.25, -0.2) is 14.4 Å². The Bertz CT molecular complexity index is 1080. The second-order valence-corrected chi connectivity index (χ2v) is 5.74. The Kier molecular flexibility index (Phi) is 3.02. The summed E-state index contributed by atoms with van der Waals surface area (Å²) in [5.41, 5.74) is 9.96. The van der Waals surface area contributed by atoms with Gasteiger partial charge in [0.2, 0.25) is 11.9 Å². The highest BCUT2D eigenvalue weighted by atomic mass is 16.2. The Morgan fingerprint density at radius 1 is 1.21 bits per heavy atom. The summed E-state index contributed by atoms with van der Waals surface area (Å²) < 4.78 is 1.77. The summed E-state index contributed by atoms with van der Waals surface area (Å²) in [6.07, 6.45) is 0. The van der Waals surface area contributed by atoms with Crippen molar-refractivity contribution in [1.82, 2.24) is 19.6 Å². The minimum Gasteiger partial charge on any atom is -0.399 e. The van der Waals surface area contributed by atoms with Gasteiger partial charge in [-0.3, -0.25) is 9.89 Å². The summed E-state index contributed by atoms with van der Waals surface area (Å²) in [6.45, 7) is 3.50. The van der Waals surface area contributed by atoms with Crippen molar-refractivity contribution >= 4 is 40.0 Å². The van der Waals surface area contributed by atoms with E-state index < -0.39 is 0 Å². The number of aromatic nitrogens is 4. The highest BCUT2D eigenvalue weighted by molar-refractivity contribution is 5.98. The molecule has 0 bridgehead atoms. The molecule has 1 amide bonds. The number of nitrogen functional groups attached to an aromatic ring is 1. The fourth-order valence-electron chi connectivity index (χ4n) is 2.80. The Balaban J connectivity index is 1.88. The number of rotatable bonds is 2. The number of nitrogens with zero attached hydrogens (tertiary/aromatic N) is 4. The zero-order valence-corrected chi connectivity index (χ0v) is 13.3. The van der Waals surface area contributed by atoms with Crippen molar-refractivity contribution in [2.75, 3.05) is 10.6 Å². The molecule has 120 valence electrons. The number of carbonyl (C=O) groups excluding carboxylic acids is 1. The van der Waals surface area contributed by atoms with Crippen molar-refractivity contribution in [3.8, 4) is 0 Å². The van der Waals surface area contributed by atoms with Crippen LogP contribution in [0.5, 0.6) is 0 Å². The number of H-pyrrole nitrogens is 1. The molecule has 7 heteroatoms. The summed E-state index contributed by atoms with van der Waals surface area (Å²) in [6, 6.07) is 13.1. The van der Waals surface area contributed by atoms with Crippen LogP contribution in [0.2, 0.25) is 0 Å². The highest BCUT2D eigenvalue weighted by Crippen LogP contribution is 2.26. The number of hydrogen-bond acceptors (Lipinski definition) is 4. The van der Waals surface area contributed by atoms with E-state index in [1.807, 2.05) is 31.2 Å². The fourth-order valence-corrected chi connectivity index (χ4v) is 2.80. The van der Waals surface area contributed by atoms with Crippen molar-refractivity contribution in [3.63, 3.8) is 0 Å². The number of aryl methyl sites for hydroxylation is 1. The minimum absolute atomic E-state index is 0.169. The van der Waals surface area contributed by atoms with Gasteiger partial charge in [0, 0.05) is 12.6 Å². The van der Waals surface area contributed by atoms with Gasteiger partial charge in [-0.2, -0.15) is 4.98 Å². The van der Waals surface area contributed by atoms with Gasteiger partial charge < -0.3 is 5.73 Å². The van der Waals surface area contributed by atoms with E-state index in [-0.39, 0.29) is 5.91 Å². The van der Waals surface area contributed by atoms with E-state index >= 15 is 0 Å². The number of aromatic amines is 1. The lowest BCUT2D eigenvalue weighted by Gasteiger charge is -2.18. The minimum atomic E-state index is -0.169. The topological polar surface area (TPSA) is 92.3 Å². The molecule has 7 nitrogen and oxygen atoms in total. The molecule has 3 N–H and O–H groups in total. The van der Waals surface area contributed by atoms with Gasteiger partial charge in [-0.15, -0.1) is 0 Å². The molecule has 24 heavy (non-hydrogen) atoms. The van der Waals surface area contributed by atoms with Crippen LogP contribution in [0.25, 0.3) is 16.8 Å². The molecule has 2 heterocycles. The second-order valence-electron chi connectivity index (χ2n) is 5.74. The lowest BCUT2D eigenvalue weighted by molar-refractivity contribution is -0.115. The van der Waals surface area contributed by atoms with Crippen LogP contribution in [0, 0.1) is 6.92 Å². The summed E-state index contributed by atoms with van der Waals surface area (Å²) in [5.74, 6) is 0.747. The Morgan fingerprint density at radius 2 is 2.04 bits per heavy atom. The molecule has 0 fully saturated rings. The zero-order valence-electron chi connectivity index (χ0n) is 13.3. The number of nitrogens with two attached hydrogens (primary N) is 1. The summed E-state index contributed by atoms with van der Waals surface area (Å²) in [7, 11) is 0. The molecular formula is C17H16N6O. The molecule has 0 saturated heterocycles. The fraction of sp³-hybridized carbons (Fsp3) is 0.118. The molecule has 0 aliphatic carbocycles. The maximum absolute atomic E-state index is 12.2. The van der Waals surface area contributed by atoms with E-state index in [0.717, 1.165) is 16.6 Å². The lowest BCUT2D eigenvalue weighted by atomic mass is 10.2. The molecule has 0 radical (unpaired) electrons. The Labute approximate surface area is 137 Å². The van der Waals surface area contributed by atoms with Crippen LogP contribution in [0.3, 0.4) is 0 Å². The predicted octanol–water partition coefficient (Wildman–Crippen LogP) is 2.79. The van der Waals surface area contributed by atoms with Gasteiger partial charge in [0.25, 0.3) is 5.78 Å². The number of carbonyl (C=O) groups is 1. The number of fused-ring (bicyclic) bond motifs is 3. The first-order valence-electron chi connectivity index (χ1n) is 7.54. The number of nitrogens with one attached hydrogen (secondary N) is 1. The summed E-state index contributed by atoms with van der Waals surface area (Å²) in [5, 5.41) is 3.14. The van der Waals surface area contributed by atoms with E-state index in [9.17, 15) is 4.79 Å². The van der Waals surface area contributed by atoms with Crippen molar-refractivity contribution in [1.29, 1.82) is 0 Å². The SMILES string of the molecule is CC(=O)N(c1cccc(N)c1)c1nc2nc3cc(C)ccc3n2[nH]1. The second kappa shape index (κ2) is 5.09. The van der Waals surface area contributed by atoms with Crippen LogP contribution in [0.1, 0.15) is 12.5 Å². The quantitative estimate of drug-likeness (QED) is 0.555. The van der Waals surface area contributed by atoms with Crippen LogP contribution in [-0.2, 0) is 4.79 Å². The summed E-state index contributed by atoms with van der Waals surface area (Å²) >= 11 is 0. The van der Waals surface area contributed by atoms with Gasteiger partial charge in [-0.1, -0.05) is 12.1 Å². The molecule has 0 saturated carbocycles. The van der Waals surface area contributed by atoms with Crippen LogP contribution in [0.4, 0.5) is 17.3 Å². The van der Waals surface area contributed by atoms with Gasteiger partial charge in [0.05, 0.1) is 16.7 Å². The molecule has 0 spiro atoms. The molecule has 0 aliphatic heterocycles. The molecule has 4 rings (SSSR count). The number of anilines is 3. The number of imidazole rings is 1. The summed E-state index contributed by atoms with van der Waals surface area (Å²) in [4.78, 5) is 22.6. The molecule has 2 aromatic carbocycles. The van der Waals surface area contributed by atoms with Crippen LogP contribution < -0.4 is 10.6 Å². The molecular weight excluding hydrogens is 304 g/mol. The van der Waals surface area contributed by atoms with Crippen LogP contribution >= 0.6 is 0 Å². The van der Waals surface area contributed by atoms with E-state index in [0.29, 0.717) is 23.1 Å². The first-order chi connectivity index (χ1) is 11.5. The zero-order chi connectivity index (χ0) is 16.8. The Hall–Kier alpha value is -3.35. The third-order valence-corrected chi connectivity index (χ3v) is 3.87. The number of amides is 1. The Morgan fingerprint density at radius 3 is 2.79 bits per heavy atom. The largest absolute Gasteiger partial charge is 0.399 e. The van der Waals surface area contributed by atoms with Crippen molar-refractivity contribution in [3.05, 3.63) is 48.0 Å². The predicted molar refractivity (Wildman–Crippen MR) is 93.3 cm³/mol. The third kappa shape index (κ3) is 2.18. The van der Waals surface area contributed by atoms with E-state index in [2.05, 4.69) is 15.1 Å². The number of hydrogen-bond donors (Lipinski definition) is 2. The van der Waals surface area contributed by atoms with Gasteiger partial charge in [-0.05, 0) is 42.8 Å². The van der Waals surface area contributed by atoms with Crippen molar-refractivity contribution in [2.24, 2.45) is 0 Å². The van der Waals surface area contributed by atoms with Crippen molar-refractivity contribution < 1.29 is 4.79 Å². The van der Waals surface area contributed by atoms with Crippen molar-refractivity contribution in [2.45, 2.75) is 13.8 Å². The average molecular weight is 320 g/mol. The van der Waals surface area contributed by atoms with E-state index in [1.54, 1.807) is 22.7 Å². The first-order valence-corrected chi connectivity index (χ1v) is 7.54. The first kappa shape index (κ1) is 14.3. The van der Waals surface area contributed by atoms with E-state index in [1.165, 1.54) is 11.8 Å². The third-order valence-electron chi connectivity index (χ3n) is 3.87. The maximum Gasteiger partial charge on any atom is 0.253 e. The number of benzene rings is 2. The van der Waals surface area contributed by atoms with Gasteiger partial charge >= 0.3 is 0 Å². The highest BCUT2D eigenvalue weighted by Gasteiger charge is 2.20. The smallest absolute Gasteiger partial charge is 0.253 e. The molecule has 0 unspecified atom stereocenters. The lowest BCUT2D eigenvalue weighted by Crippen LogP contribution is -2.24. The molecule has 2 aromatic heterocycles. The molecule has 4 aromatic rings. The van der Waals surface area contributed by atoms with Crippen LogP contribution in [-0.4, -0.2) is 25.5 Å². The molecule has 0 aliphatic rings. The average Bonchev–Trinajstić information content (AvgIpc) is 3.04. The maximum atomic E-state index is 12.2. The standard InChI is InChI=1S/C17H16N6O/c1-10-6-7-15-14(8-10)19-16-20-17(21-23(15)16)22(11(2)24)13-5-3-4-12(18)9-13/h3-9H,18H2,1-2H3,(H,19,20,21). The normalized spacial score (nSPS) is 11.2. The van der Waals surface area contributed by atoms with Crippen LogP contribution in [0.15, 0.2) is 42.5 Å². The van der Waals surface area contributed by atoms with Gasteiger partial charge in [0.15, 0.2) is 0 Å². The van der Waals surface area contributed by atoms with E-state index in [4.69, 9.17) is 5.73 Å². The van der Waals surface area contributed by atoms with Gasteiger partial charge in [0.1, 0.15) is 0 Å². The monoisotopic (exact) mass is 320 g/mol. The molecule has 0 atom stereocenters.